The summed E-state index contributed by atoms with van der Waals surface area (Å²) in [5.74, 6) is -0.550. The van der Waals surface area contributed by atoms with Crippen LogP contribution in [-0.2, 0) is 10.9 Å². The lowest BCUT2D eigenvalue weighted by molar-refractivity contribution is -0.137. The van der Waals surface area contributed by atoms with E-state index in [1.807, 2.05) is 0 Å². The number of benzene rings is 2. The Hall–Kier alpha value is -1.34. The lowest BCUT2D eigenvalue weighted by Crippen LogP contribution is -2.05. The molecule has 0 aliphatic heterocycles. The van der Waals surface area contributed by atoms with Gasteiger partial charge in [0.25, 0.3) is 0 Å². The van der Waals surface area contributed by atoms with Crippen molar-refractivity contribution in [1.29, 1.82) is 0 Å². The van der Waals surface area contributed by atoms with Gasteiger partial charge in [-0.15, -0.1) is 0 Å². The number of carbonyl (C=O) groups excluding carboxylic acids is 1. The van der Waals surface area contributed by atoms with Crippen molar-refractivity contribution in [3.8, 4) is 11.1 Å². The largest absolute Gasteiger partial charge is 0.465 e. The van der Waals surface area contributed by atoms with Crippen molar-refractivity contribution in [3.63, 3.8) is 0 Å². The highest BCUT2D eigenvalue weighted by atomic mass is 79.9. The molecule has 0 heterocycles. The summed E-state index contributed by atoms with van der Waals surface area (Å²) in [6.07, 6.45) is -4.43. The van der Waals surface area contributed by atoms with Crippen LogP contribution in [0.4, 0.5) is 13.2 Å². The average Bonchev–Trinajstić information content (AvgIpc) is 2.52. The van der Waals surface area contributed by atoms with Crippen LogP contribution in [0.15, 0.2) is 42.5 Å². The number of methoxy groups -OCH3 is 1. The van der Waals surface area contributed by atoms with Crippen LogP contribution in [-0.4, -0.2) is 13.1 Å². The lowest BCUT2D eigenvalue weighted by Gasteiger charge is -2.14. The van der Waals surface area contributed by atoms with Crippen LogP contribution in [0.2, 0.25) is 0 Å². The molecule has 2 aromatic rings. The van der Waals surface area contributed by atoms with Gasteiger partial charge in [0, 0.05) is 0 Å². The molecule has 0 amide bonds. The van der Waals surface area contributed by atoms with E-state index in [9.17, 15) is 18.0 Å². The van der Waals surface area contributed by atoms with E-state index < -0.39 is 17.7 Å². The van der Waals surface area contributed by atoms with Crippen molar-refractivity contribution in [2.24, 2.45) is 0 Å². The zero-order valence-corrected chi connectivity index (χ0v) is 15.0. The average molecular weight is 452 g/mol. The fourth-order valence-corrected chi connectivity index (χ4v) is 2.90. The monoisotopic (exact) mass is 450 g/mol. The molecule has 0 saturated heterocycles. The van der Waals surface area contributed by atoms with Crippen LogP contribution in [0.3, 0.4) is 0 Å². The van der Waals surface area contributed by atoms with Crippen molar-refractivity contribution in [1.82, 2.24) is 0 Å². The summed E-state index contributed by atoms with van der Waals surface area (Å²) >= 11 is 6.69. The molecule has 7 heteroatoms. The summed E-state index contributed by atoms with van der Waals surface area (Å²) in [5, 5.41) is 0. The van der Waals surface area contributed by atoms with Crippen molar-refractivity contribution in [3.05, 3.63) is 59.2 Å². The Bertz CT molecular complexity index is 728. The van der Waals surface area contributed by atoms with Crippen LogP contribution < -0.4 is 0 Å². The van der Waals surface area contributed by atoms with Crippen LogP contribution in [0.5, 0.6) is 0 Å². The SMILES string of the molecule is COC(=O)c1ccc(C(Br)Br)c(-c2cccc(C(F)(F)F)c2)c1. The number of alkyl halides is 5. The van der Waals surface area contributed by atoms with E-state index in [2.05, 4.69) is 36.6 Å². The summed E-state index contributed by atoms with van der Waals surface area (Å²) in [6.45, 7) is 0. The van der Waals surface area contributed by atoms with Gasteiger partial charge in [0.2, 0.25) is 0 Å². The zero-order chi connectivity index (χ0) is 17.2. The van der Waals surface area contributed by atoms with E-state index in [0.29, 0.717) is 16.7 Å². The minimum atomic E-state index is -4.43. The van der Waals surface area contributed by atoms with Gasteiger partial charge in [0.15, 0.2) is 0 Å². The molecule has 0 fully saturated rings. The Kier molecular flexibility index (Phi) is 5.52. The maximum absolute atomic E-state index is 12.9. The second-order valence-electron chi connectivity index (χ2n) is 4.67. The van der Waals surface area contributed by atoms with Gasteiger partial charge in [-0.05, 0) is 41.0 Å². The Morgan fingerprint density at radius 2 is 1.83 bits per heavy atom. The first-order valence-corrected chi connectivity index (χ1v) is 8.25. The summed E-state index contributed by atoms with van der Waals surface area (Å²) in [6, 6.07) is 9.72. The second-order valence-corrected chi connectivity index (χ2v) is 7.73. The number of ether oxygens (including phenoxy) is 1. The van der Waals surface area contributed by atoms with E-state index in [-0.39, 0.29) is 9.30 Å². The molecule has 0 N–H and O–H groups in total. The normalized spacial score (nSPS) is 11.6. The summed E-state index contributed by atoms with van der Waals surface area (Å²) in [7, 11) is 1.25. The van der Waals surface area contributed by atoms with E-state index >= 15 is 0 Å². The van der Waals surface area contributed by atoms with Gasteiger partial charge < -0.3 is 4.74 Å². The molecule has 2 aromatic carbocycles. The molecule has 0 saturated carbocycles. The third-order valence-corrected chi connectivity index (χ3v) is 4.20. The van der Waals surface area contributed by atoms with Gasteiger partial charge in [-0.3, -0.25) is 0 Å². The van der Waals surface area contributed by atoms with E-state index in [1.54, 1.807) is 18.2 Å². The third kappa shape index (κ3) is 4.14. The molecule has 0 aliphatic rings. The molecule has 23 heavy (non-hydrogen) atoms. The molecule has 0 bridgehead atoms. The third-order valence-electron chi connectivity index (χ3n) is 3.21. The Morgan fingerprint density at radius 3 is 2.39 bits per heavy atom. The number of hydrogen-bond donors (Lipinski definition) is 0. The highest BCUT2D eigenvalue weighted by Crippen LogP contribution is 2.39. The fourth-order valence-electron chi connectivity index (χ4n) is 2.10. The molecule has 2 rings (SSSR count). The molecule has 0 spiro atoms. The molecule has 122 valence electrons. The van der Waals surface area contributed by atoms with E-state index in [1.165, 1.54) is 19.2 Å². The fraction of sp³-hybridized carbons (Fsp3) is 0.188. The van der Waals surface area contributed by atoms with Crippen LogP contribution >= 0.6 is 31.9 Å². The van der Waals surface area contributed by atoms with Gasteiger partial charge in [-0.25, -0.2) is 4.79 Å². The molecule has 0 radical (unpaired) electrons. The number of rotatable bonds is 3. The van der Waals surface area contributed by atoms with Gasteiger partial charge >= 0.3 is 12.1 Å². The molecular formula is C16H11Br2F3O2. The Balaban J connectivity index is 2.63. The molecular weight excluding hydrogens is 441 g/mol. The Morgan fingerprint density at radius 1 is 1.13 bits per heavy atom. The number of carbonyl (C=O) groups is 1. The number of hydrogen-bond acceptors (Lipinski definition) is 2. The van der Waals surface area contributed by atoms with Crippen molar-refractivity contribution >= 4 is 37.8 Å². The minimum absolute atomic E-state index is 0.268. The second kappa shape index (κ2) is 7.05. The zero-order valence-electron chi connectivity index (χ0n) is 11.8. The lowest BCUT2D eigenvalue weighted by atomic mass is 9.96. The van der Waals surface area contributed by atoms with E-state index in [4.69, 9.17) is 0 Å². The smallest absolute Gasteiger partial charge is 0.416 e. The topological polar surface area (TPSA) is 26.3 Å². The van der Waals surface area contributed by atoms with Crippen LogP contribution in [0, 0.1) is 0 Å². The quantitative estimate of drug-likeness (QED) is 0.426. The van der Waals surface area contributed by atoms with Crippen molar-refractivity contribution in [2.75, 3.05) is 7.11 Å². The molecule has 0 unspecified atom stereocenters. The molecule has 2 nitrogen and oxygen atoms in total. The van der Waals surface area contributed by atoms with Crippen molar-refractivity contribution < 1.29 is 22.7 Å². The highest BCUT2D eigenvalue weighted by molar-refractivity contribution is 9.24. The highest BCUT2D eigenvalue weighted by Gasteiger charge is 2.30. The van der Waals surface area contributed by atoms with Gasteiger partial charge in [-0.1, -0.05) is 50.1 Å². The summed E-state index contributed by atoms with van der Waals surface area (Å²) in [5.41, 5.74) is 1.11. The predicted octanol–water partition coefficient (Wildman–Crippen LogP) is 5.95. The Labute approximate surface area is 147 Å². The molecule has 0 aliphatic carbocycles. The first-order chi connectivity index (χ1) is 10.7. The number of halogens is 5. The first kappa shape index (κ1) is 18.0. The van der Waals surface area contributed by atoms with Gasteiger partial charge in [0.05, 0.1) is 22.0 Å². The molecule has 0 atom stereocenters. The maximum Gasteiger partial charge on any atom is 0.416 e. The van der Waals surface area contributed by atoms with Crippen molar-refractivity contribution in [2.45, 2.75) is 9.91 Å². The van der Waals surface area contributed by atoms with Crippen LogP contribution in [0.25, 0.3) is 11.1 Å². The minimum Gasteiger partial charge on any atom is -0.465 e. The molecule has 0 aromatic heterocycles. The first-order valence-electron chi connectivity index (χ1n) is 6.42. The summed E-state index contributed by atoms with van der Waals surface area (Å²) < 4.78 is 43.1. The standard InChI is InChI=1S/C16H11Br2F3O2/c1-23-15(22)10-5-6-12(14(17)18)13(8-10)9-3-2-4-11(7-9)16(19,20)21/h2-8,14H,1H3. The predicted molar refractivity (Wildman–Crippen MR) is 88.8 cm³/mol. The van der Waals surface area contributed by atoms with Gasteiger partial charge in [0.1, 0.15) is 0 Å². The number of esters is 1. The summed E-state index contributed by atoms with van der Waals surface area (Å²) in [4.78, 5) is 11.7. The maximum atomic E-state index is 12.9. The van der Waals surface area contributed by atoms with Crippen LogP contribution in [0.1, 0.15) is 25.2 Å². The van der Waals surface area contributed by atoms with Gasteiger partial charge in [-0.2, -0.15) is 13.2 Å². The van der Waals surface area contributed by atoms with E-state index in [0.717, 1.165) is 12.1 Å².